The minimum atomic E-state index is -0.238. The first-order valence-corrected chi connectivity index (χ1v) is 9.72. The highest BCUT2D eigenvalue weighted by Gasteiger charge is 2.09. The molecular weight excluding hydrogens is 368 g/mol. The lowest BCUT2D eigenvalue weighted by Crippen LogP contribution is -2.24. The zero-order chi connectivity index (χ0) is 21.2. The van der Waals surface area contributed by atoms with Gasteiger partial charge in [-0.15, -0.1) is 0 Å². The van der Waals surface area contributed by atoms with Gasteiger partial charge in [0.05, 0.1) is 6.54 Å². The highest BCUT2D eigenvalue weighted by molar-refractivity contribution is 5.97. The first kappa shape index (κ1) is 21.9. The maximum Gasteiger partial charge on any atom is 0.251 e. The molecule has 29 heavy (non-hydrogen) atoms. The molecule has 7 heteroatoms. The molecule has 0 aliphatic rings. The van der Waals surface area contributed by atoms with Crippen molar-refractivity contribution in [3.05, 3.63) is 54.1 Å². The Balaban J connectivity index is 1.90. The third-order valence-corrected chi connectivity index (χ3v) is 4.05. The van der Waals surface area contributed by atoms with Crippen LogP contribution in [0, 0.1) is 5.92 Å². The zero-order valence-corrected chi connectivity index (χ0v) is 17.0. The van der Waals surface area contributed by atoms with Gasteiger partial charge in [0.2, 0.25) is 11.8 Å². The summed E-state index contributed by atoms with van der Waals surface area (Å²) in [4.78, 5) is 36.1. The van der Waals surface area contributed by atoms with E-state index in [-0.39, 0.29) is 30.2 Å². The van der Waals surface area contributed by atoms with Crippen molar-refractivity contribution in [1.29, 1.82) is 0 Å². The molecule has 0 saturated carbocycles. The Labute approximate surface area is 171 Å². The first-order chi connectivity index (χ1) is 13.9. The van der Waals surface area contributed by atoms with Gasteiger partial charge in [-0.2, -0.15) is 0 Å². The summed E-state index contributed by atoms with van der Waals surface area (Å²) < 4.78 is 0. The molecule has 0 unspecified atom stereocenters. The summed E-state index contributed by atoms with van der Waals surface area (Å²) in [5.74, 6) is -0.589. The summed E-state index contributed by atoms with van der Waals surface area (Å²) in [7, 11) is 0. The number of hydrogen-bond donors (Lipinski definition) is 4. The molecule has 2 rings (SSSR count). The zero-order valence-electron chi connectivity index (χ0n) is 17.0. The molecule has 7 nitrogen and oxygen atoms in total. The van der Waals surface area contributed by atoms with E-state index in [4.69, 9.17) is 0 Å². The van der Waals surface area contributed by atoms with Crippen LogP contribution in [0.1, 0.15) is 37.6 Å². The fourth-order valence-corrected chi connectivity index (χ4v) is 2.46. The molecule has 0 spiro atoms. The molecule has 0 heterocycles. The molecule has 0 bridgehead atoms. The number of carbonyl (C=O) groups is 3. The number of amides is 3. The highest BCUT2D eigenvalue weighted by atomic mass is 16.2. The molecule has 2 aromatic rings. The normalized spacial score (nSPS) is 10.3. The largest absolute Gasteiger partial charge is 0.376 e. The van der Waals surface area contributed by atoms with Gasteiger partial charge in [-0.1, -0.05) is 32.9 Å². The van der Waals surface area contributed by atoms with Crippen LogP contribution >= 0.6 is 0 Å². The Morgan fingerprint density at radius 3 is 2.24 bits per heavy atom. The van der Waals surface area contributed by atoms with Crippen molar-refractivity contribution >= 4 is 34.8 Å². The number of carbonyl (C=O) groups excluding carboxylic acids is 3. The van der Waals surface area contributed by atoms with Crippen molar-refractivity contribution in [1.82, 2.24) is 5.32 Å². The summed E-state index contributed by atoms with van der Waals surface area (Å²) >= 11 is 0. The van der Waals surface area contributed by atoms with Crippen LogP contribution in [0.15, 0.2) is 48.5 Å². The van der Waals surface area contributed by atoms with E-state index >= 15 is 0 Å². The Kier molecular flexibility index (Phi) is 8.21. The summed E-state index contributed by atoms with van der Waals surface area (Å²) in [6, 6.07) is 14.0. The van der Waals surface area contributed by atoms with Gasteiger partial charge in [-0.05, 0) is 42.8 Å². The topological polar surface area (TPSA) is 99.3 Å². The van der Waals surface area contributed by atoms with E-state index < -0.39 is 0 Å². The van der Waals surface area contributed by atoms with Crippen molar-refractivity contribution in [2.45, 2.75) is 27.2 Å². The Morgan fingerprint density at radius 1 is 0.897 bits per heavy atom. The Bertz CT molecular complexity index is 865. The third-order valence-electron chi connectivity index (χ3n) is 4.05. The summed E-state index contributed by atoms with van der Waals surface area (Å²) in [6.45, 7) is 6.28. The Morgan fingerprint density at radius 2 is 1.55 bits per heavy atom. The fourth-order valence-electron chi connectivity index (χ4n) is 2.46. The average Bonchev–Trinajstić information content (AvgIpc) is 2.71. The second-order valence-electron chi connectivity index (χ2n) is 6.96. The van der Waals surface area contributed by atoms with Gasteiger partial charge < -0.3 is 21.3 Å². The van der Waals surface area contributed by atoms with E-state index in [0.29, 0.717) is 29.2 Å². The molecule has 2 aromatic carbocycles. The van der Waals surface area contributed by atoms with Gasteiger partial charge in [0, 0.05) is 35.1 Å². The minimum absolute atomic E-state index is 0.0443. The summed E-state index contributed by atoms with van der Waals surface area (Å²) in [5, 5.41) is 11.4. The minimum Gasteiger partial charge on any atom is -0.376 e. The lowest BCUT2D eigenvalue weighted by molar-refractivity contribution is -0.119. The van der Waals surface area contributed by atoms with Gasteiger partial charge in [-0.25, -0.2) is 0 Å². The molecule has 0 atom stereocenters. The van der Waals surface area contributed by atoms with Crippen molar-refractivity contribution in [3.8, 4) is 0 Å². The maximum absolute atomic E-state index is 12.2. The van der Waals surface area contributed by atoms with Crippen LogP contribution in [0.3, 0.4) is 0 Å². The molecule has 3 amide bonds. The van der Waals surface area contributed by atoms with Crippen molar-refractivity contribution in [2.75, 3.05) is 29.0 Å². The lowest BCUT2D eigenvalue weighted by atomic mass is 10.2. The van der Waals surface area contributed by atoms with Crippen LogP contribution in [-0.4, -0.2) is 30.8 Å². The maximum atomic E-state index is 12.2. The number of anilines is 3. The number of rotatable bonds is 9. The van der Waals surface area contributed by atoms with Gasteiger partial charge in [0.15, 0.2) is 0 Å². The molecule has 0 fully saturated rings. The molecular formula is C22H28N4O3. The second-order valence-corrected chi connectivity index (χ2v) is 6.96. The molecule has 0 aliphatic heterocycles. The van der Waals surface area contributed by atoms with Gasteiger partial charge >= 0.3 is 0 Å². The van der Waals surface area contributed by atoms with Crippen LogP contribution < -0.4 is 21.3 Å². The van der Waals surface area contributed by atoms with Crippen LogP contribution in [0.5, 0.6) is 0 Å². The van der Waals surface area contributed by atoms with Gasteiger partial charge in [0.1, 0.15) is 0 Å². The first-order valence-electron chi connectivity index (χ1n) is 9.72. The second kappa shape index (κ2) is 10.8. The quantitative estimate of drug-likeness (QED) is 0.521. The van der Waals surface area contributed by atoms with E-state index in [2.05, 4.69) is 21.3 Å². The van der Waals surface area contributed by atoms with Crippen LogP contribution in [0.25, 0.3) is 0 Å². The molecule has 4 N–H and O–H groups in total. The predicted octanol–water partition coefficient (Wildman–Crippen LogP) is 3.47. The SMILES string of the molecule is CCCNC(=O)c1cccc(NCC(=O)Nc2cccc(NC(=O)C(C)C)c2)c1. The van der Waals surface area contributed by atoms with Gasteiger partial charge in [-0.3, -0.25) is 14.4 Å². The summed E-state index contributed by atoms with van der Waals surface area (Å²) in [5.41, 5.74) is 2.44. The number of nitrogens with one attached hydrogen (secondary N) is 4. The van der Waals surface area contributed by atoms with Crippen LogP contribution in [0.4, 0.5) is 17.1 Å². The number of hydrogen-bond acceptors (Lipinski definition) is 4. The molecule has 0 radical (unpaired) electrons. The molecule has 0 saturated heterocycles. The Hall–Kier alpha value is -3.35. The third kappa shape index (κ3) is 7.29. The highest BCUT2D eigenvalue weighted by Crippen LogP contribution is 2.16. The van der Waals surface area contributed by atoms with Crippen molar-refractivity contribution in [3.63, 3.8) is 0 Å². The smallest absolute Gasteiger partial charge is 0.251 e. The van der Waals surface area contributed by atoms with E-state index in [1.807, 2.05) is 20.8 Å². The van der Waals surface area contributed by atoms with Crippen molar-refractivity contribution in [2.24, 2.45) is 5.92 Å². The van der Waals surface area contributed by atoms with E-state index in [1.54, 1.807) is 48.5 Å². The summed E-state index contributed by atoms with van der Waals surface area (Å²) in [6.07, 6.45) is 0.867. The lowest BCUT2D eigenvalue weighted by Gasteiger charge is -2.11. The molecule has 0 aromatic heterocycles. The molecule has 0 aliphatic carbocycles. The monoisotopic (exact) mass is 396 g/mol. The van der Waals surface area contributed by atoms with Gasteiger partial charge in [0.25, 0.3) is 5.91 Å². The standard InChI is InChI=1S/C22H28N4O3/c1-4-11-23-22(29)16-7-5-8-17(12-16)24-14-20(27)25-18-9-6-10-19(13-18)26-21(28)15(2)3/h5-10,12-13,15,24H,4,11,14H2,1-3H3,(H,23,29)(H,25,27)(H,26,28). The van der Waals surface area contributed by atoms with Crippen molar-refractivity contribution < 1.29 is 14.4 Å². The van der Waals surface area contributed by atoms with E-state index in [1.165, 1.54) is 0 Å². The molecule has 154 valence electrons. The number of benzene rings is 2. The predicted molar refractivity (Wildman–Crippen MR) is 116 cm³/mol. The van der Waals surface area contributed by atoms with Crippen LogP contribution in [-0.2, 0) is 9.59 Å². The van der Waals surface area contributed by atoms with Crippen LogP contribution in [0.2, 0.25) is 0 Å². The van der Waals surface area contributed by atoms with E-state index in [9.17, 15) is 14.4 Å². The fraction of sp³-hybridized carbons (Fsp3) is 0.318. The average molecular weight is 396 g/mol. The van der Waals surface area contributed by atoms with E-state index in [0.717, 1.165) is 6.42 Å².